The molecule has 0 fully saturated rings. The predicted molar refractivity (Wildman–Crippen MR) is 49.3 cm³/mol. The molecule has 1 aromatic rings. The number of carboxylic acids is 1. The van der Waals surface area contributed by atoms with Gasteiger partial charge in [0, 0.05) is 5.56 Å². The minimum absolute atomic E-state index is 0.0400. The van der Waals surface area contributed by atoms with E-state index in [4.69, 9.17) is 9.63 Å². The van der Waals surface area contributed by atoms with Gasteiger partial charge in [0.05, 0.1) is 5.69 Å². The maximum absolute atomic E-state index is 10.8. The Kier molecular flexibility index (Phi) is 2.27. The van der Waals surface area contributed by atoms with Crippen molar-refractivity contribution in [2.45, 2.75) is 32.6 Å². The van der Waals surface area contributed by atoms with Crippen molar-refractivity contribution in [2.24, 2.45) is 5.92 Å². The number of nitrogens with zero attached hydrogens (tertiary/aromatic N) is 1. The fraction of sp³-hybridized carbons (Fsp3) is 0.600. The number of aromatic nitrogens is 1. The van der Waals surface area contributed by atoms with Crippen LogP contribution in [-0.2, 0) is 12.8 Å². The van der Waals surface area contributed by atoms with Crippen LogP contribution in [0.5, 0.6) is 0 Å². The average Bonchev–Trinajstić information content (AvgIpc) is 2.59. The lowest BCUT2D eigenvalue weighted by Crippen LogP contribution is -2.14. The van der Waals surface area contributed by atoms with Crippen molar-refractivity contribution in [3.05, 3.63) is 17.0 Å². The second-order valence-corrected chi connectivity index (χ2v) is 3.76. The Hall–Kier alpha value is -1.32. The lowest BCUT2D eigenvalue weighted by Gasteiger charge is -2.18. The first-order valence-electron chi connectivity index (χ1n) is 4.93. The van der Waals surface area contributed by atoms with E-state index in [0.717, 1.165) is 36.9 Å². The lowest BCUT2D eigenvalue weighted by atomic mass is 9.85. The van der Waals surface area contributed by atoms with E-state index in [1.54, 1.807) is 0 Å². The summed E-state index contributed by atoms with van der Waals surface area (Å²) in [7, 11) is 0. The quantitative estimate of drug-likeness (QED) is 0.782. The summed E-state index contributed by atoms with van der Waals surface area (Å²) in [6.45, 7) is 2.13. The highest BCUT2D eigenvalue weighted by Crippen LogP contribution is 2.29. The molecule has 0 spiro atoms. The maximum Gasteiger partial charge on any atom is 0.375 e. The molecule has 0 amide bonds. The molecule has 0 bridgehead atoms. The van der Waals surface area contributed by atoms with Crippen LogP contribution in [0.1, 0.15) is 41.6 Å². The van der Waals surface area contributed by atoms with Gasteiger partial charge < -0.3 is 9.63 Å². The van der Waals surface area contributed by atoms with Gasteiger partial charge in [-0.1, -0.05) is 18.5 Å². The van der Waals surface area contributed by atoms with Gasteiger partial charge in [0.25, 0.3) is 0 Å². The molecular weight excluding hydrogens is 182 g/mol. The number of carbonyl (C=O) groups is 1. The van der Waals surface area contributed by atoms with Crippen molar-refractivity contribution >= 4 is 5.97 Å². The smallest absolute Gasteiger partial charge is 0.375 e. The molecule has 0 aromatic carbocycles. The van der Waals surface area contributed by atoms with Gasteiger partial charge in [-0.3, -0.25) is 0 Å². The molecule has 1 aliphatic rings. The molecule has 14 heavy (non-hydrogen) atoms. The number of hydrogen-bond acceptors (Lipinski definition) is 3. The summed E-state index contributed by atoms with van der Waals surface area (Å²) in [5, 5.41) is 12.6. The third-order valence-electron chi connectivity index (χ3n) is 2.92. The highest BCUT2D eigenvalue weighted by atomic mass is 16.5. The standard InChI is InChI=1S/C10H13NO3/c1-2-6-3-4-8-7(5-6)9(10(12)13)14-11-8/h6H,2-5H2,1H3,(H,12,13)/t6-/m0/s1. The van der Waals surface area contributed by atoms with Crippen LogP contribution in [0.4, 0.5) is 0 Å². The topological polar surface area (TPSA) is 63.3 Å². The van der Waals surface area contributed by atoms with Crippen LogP contribution in [0, 0.1) is 5.92 Å². The fourth-order valence-corrected chi connectivity index (χ4v) is 2.00. The van der Waals surface area contributed by atoms with Crippen LogP contribution in [0.2, 0.25) is 0 Å². The molecule has 4 nitrogen and oxygen atoms in total. The van der Waals surface area contributed by atoms with Gasteiger partial charge in [0.15, 0.2) is 0 Å². The molecule has 4 heteroatoms. The van der Waals surface area contributed by atoms with E-state index in [1.165, 1.54) is 0 Å². The second kappa shape index (κ2) is 3.44. The molecule has 1 aliphatic carbocycles. The number of aryl methyl sites for hydroxylation is 1. The molecule has 0 unspecified atom stereocenters. The molecule has 0 saturated heterocycles. The van der Waals surface area contributed by atoms with Gasteiger partial charge in [-0.25, -0.2) is 4.79 Å². The van der Waals surface area contributed by atoms with Gasteiger partial charge in [-0.15, -0.1) is 0 Å². The Bertz CT molecular complexity index is 356. The highest BCUT2D eigenvalue weighted by molar-refractivity contribution is 5.86. The summed E-state index contributed by atoms with van der Waals surface area (Å²) in [5.74, 6) is -0.381. The monoisotopic (exact) mass is 195 g/mol. The van der Waals surface area contributed by atoms with E-state index in [1.807, 2.05) is 0 Å². The van der Waals surface area contributed by atoms with E-state index in [2.05, 4.69) is 12.1 Å². The highest BCUT2D eigenvalue weighted by Gasteiger charge is 2.27. The molecule has 0 aliphatic heterocycles. The predicted octanol–water partition coefficient (Wildman–Crippen LogP) is 1.89. The Morgan fingerprint density at radius 2 is 2.50 bits per heavy atom. The second-order valence-electron chi connectivity index (χ2n) is 3.76. The van der Waals surface area contributed by atoms with E-state index < -0.39 is 5.97 Å². The summed E-state index contributed by atoms with van der Waals surface area (Å²) in [6, 6.07) is 0. The van der Waals surface area contributed by atoms with Gasteiger partial charge in [-0.05, 0) is 25.2 Å². The van der Waals surface area contributed by atoms with E-state index in [-0.39, 0.29) is 5.76 Å². The Labute approximate surface area is 81.9 Å². The zero-order chi connectivity index (χ0) is 10.1. The summed E-state index contributed by atoms with van der Waals surface area (Å²) >= 11 is 0. The zero-order valence-corrected chi connectivity index (χ0v) is 8.12. The first-order valence-corrected chi connectivity index (χ1v) is 4.93. The van der Waals surface area contributed by atoms with Crippen LogP contribution in [0.25, 0.3) is 0 Å². The van der Waals surface area contributed by atoms with Crippen molar-refractivity contribution in [2.75, 3.05) is 0 Å². The summed E-state index contributed by atoms with van der Waals surface area (Å²) < 4.78 is 4.82. The Balaban J connectivity index is 2.32. The van der Waals surface area contributed by atoms with Gasteiger partial charge >= 0.3 is 5.97 Å². The third kappa shape index (κ3) is 1.41. The van der Waals surface area contributed by atoms with Crippen LogP contribution in [-0.4, -0.2) is 16.2 Å². The normalized spacial score (nSPS) is 20.5. The molecule has 1 N–H and O–H groups in total. The van der Waals surface area contributed by atoms with Crippen LogP contribution < -0.4 is 0 Å². The molecular formula is C10H13NO3. The van der Waals surface area contributed by atoms with Crippen molar-refractivity contribution < 1.29 is 14.4 Å². The average molecular weight is 195 g/mol. The molecule has 76 valence electrons. The fourth-order valence-electron chi connectivity index (χ4n) is 2.00. The van der Waals surface area contributed by atoms with Crippen molar-refractivity contribution in [1.29, 1.82) is 0 Å². The van der Waals surface area contributed by atoms with E-state index in [9.17, 15) is 4.79 Å². The Morgan fingerprint density at radius 1 is 1.71 bits per heavy atom. The summed E-state index contributed by atoms with van der Waals surface area (Å²) in [5.41, 5.74) is 1.66. The van der Waals surface area contributed by atoms with Crippen molar-refractivity contribution in [3.8, 4) is 0 Å². The lowest BCUT2D eigenvalue weighted by molar-refractivity contribution is 0.0650. The van der Waals surface area contributed by atoms with Gasteiger partial charge in [-0.2, -0.15) is 0 Å². The molecule has 0 saturated carbocycles. The van der Waals surface area contributed by atoms with Crippen molar-refractivity contribution in [1.82, 2.24) is 5.16 Å². The number of carboxylic acid groups (broad SMARTS) is 1. The number of rotatable bonds is 2. The third-order valence-corrected chi connectivity index (χ3v) is 2.92. The first kappa shape index (κ1) is 9.24. The minimum Gasteiger partial charge on any atom is -0.475 e. The Morgan fingerprint density at radius 3 is 3.14 bits per heavy atom. The van der Waals surface area contributed by atoms with E-state index in [0.29, 0.717) is 5.92 Å². The zero-order valence-electron chi connectivity index (χ0n) is 8.12. The molecule has 1 heterocycles. The van der Waals surface area contributed by atoms with Crippen LogP contribution in [0.3, 0.4) is 0 Å². The van der Waals surface area contributed by atoms with E-state index >= 15 is 0 Å². The first-order chi connectivity index (χ1) is 6.72. The van der Waals surface area contributed by atoms with Crippen LogP contribution >= 0.6 is 0 Å². The van der Waals surface area contributed by atoms with Crippen LogP contribution in [0.15, 0.2) is 4.52 Å². The number of hydrogen-bond donors (Lipinski definition) is 1. The van der Waals surface area contributed by atoms with Gasteiger partial charge in [0.2, 0.25) is 5.76 Å². The van der Waals surface area contributed by atoms with Gasteiger partial charge in [0.1, 0.15) is 0 Å². The molecule has 1 aromatic heterocycles. The SMILES string of the molecule is CC[C@H]1CCc2noc(C(=O)O)c2C1. The largest absolute Gasteiger partial charge is 0.475 e. The minimum atomic E-state index is -1.00. The number of aromatic carboxylic acids is 1. The maximum atomic E-state index is 10.8. The van der Waals surface area contributed by atoms with Crippen molar-refractivity contribution in [3.63, 3.8) is 0 Å². The summed E-state index contributed by atoms with van der Waals surface area (Å²) in [6.07, 6.45) is 3.83. The summed E-state index contributed by atoms with van der Waals surface area (Å²) in [4.78, 5) is 10.8. The molecule has 0 radical (unpaired) electrons. The molecule has 2 rings (SSSR count). The molecule has 1 atom stereocenters. The number of fused-ring (bicyclic) bond motifs is 1.